The number of carboxylic acid groups (broad SMARTS) is 1. The second-order valence-electron chi connectivity index (χ2n) is 7.17. The number of carboxylic acids is 1. The summed E-state index contributed by atoms with van der Waals surface area (Å²) in [5.41, 5.74) is 0.816. The number of carbonyl (C=O) groups excluding carboxylic acids is 1. The van der Waals surface area contributed by atoms with Crippen molar-refractivity contribution in [3.63, 3.8) is 0 Å². The minimum absolute atomic E-state index is 0.206. The zero-order valence-electron chi connectivity index (χ0n) is 16.1. The van der Waals surface area contributed by atoms with E-state index in [0.29, 0.717) is 5.56 Å². The molecule has 1 rings (SSSR count). The van der Waals surface area contributed by atoms with Crippen LogP contribution < -0.4 is 5.32 Å². The van der Waals surface area contributed by atoms with Crippen LogP contribution in [0.3, 0.4) is 0 Å². The van der Waals surface area contributed by atoms with E-state index in [0.717, 1.165) is 18.5 Å². The first-order valence-corrected chi connectivity index (χ1v) is 8.82. The van der Waals surface area contributed by atoms with Gasteiger partial charge in [-0.05, 0) is 40.5 Å². The Bertz CT molecular complexity index is 586. The highest BCUT2D eigenvalue weighted by atomic mass is 16.5. The number of amides is 1. The lowest BCUT2D eigenvalue weighted by molar-refractivity contribution is -0.140. The first-order chi connectivity index (χ1) is 11.6. The Balaban J connectivity index is 2.79. The first kappa shape index (κ1) is 21.2. The molecule has 0 spiro atoms. The molecule has 25 heavy (non-hydrogen) atoms. The van der Waals surface area contributed by atoms with Gasteiger partial charge in [-0.3, -0.25) is 9.48 Å². The summed E-state index contributed by atoms with van der Waals surface area (Å²) in [5.74, 6) is -1.49. The van der Waals surface area contributed by atoms with E-state index >= 15 is 0 Å². The number of nitrogens with one attached hydrogen (secondary N) is 1. The van der Waals surface area contributed by atoms with Crippen molar-refractivity contribution in [2.24, 2.45) is 0 Å². The lowest BCUT2D eigenvalue weighted by Gasteiger charge is -2.21. The Morgan fingerprint density at radius 2 is 1.92 bits per heavy atom. The van der Waals surface area contributed by atoms with Gasteiger partial charge in [0.1, 0.15) is 6.04 Å². The summed E-state index contributed by atoms with van der Waals surface area (Å²) in [6.45, 7) is 11.9. The van der Waals surface area contributed by atoms with Crippen LogP contribution in [0.2, 0.25) is 0 Å². The number of hydrogen-bond acceptors (Lipinski definition) is 4. The Labute approximate surface area is 149 Å². The fourth-order valence-electron chi connectivity index (χ4n) is 2.63. The predicted octanol–water partition coefficient (Wildman–Crippen LogP) is 2.94. The number of rotatable bonds is 9. The van der Waals surface area contributed by atoms with E-state index < -0.39 is 17.9 Å². The van der Waals surface area contributed by atoms with Crippen molar-refractivity contribution in [3.8, 4) is 0 Å². The van der Waals surface area contributed by atoms with Gasteiger partial charge in [-0.15, -0.1) is 0 Å². The Kier molecular flexibility index (Phi) is 7.60. The molecule has 1 unspecified atom stereocenters. The van der Waals surface area contributed by atoms with Crippen LogP contribution in [0.25, 0.3) is 0 Å². The topological polar surface area (TPSA) is 93.5 Å². The highest BCUT2D eigenvalue weighted by molar-refractivity contribution is 5.97. The Morgan fingerprint density at radius 1 is 1.32 bits per heavy atom. The van der Waals surface area contributed by atoms with Crippen LogP contribution in [0.1, 0.15) is 76.0 Å². The summed E-state index contributed by atoms with van der Waals surface area (Å²) in [6, 6.07) is -0.761. The van der Waals surface area contributed by atoms with Crippen LogP contribution in [0.4, 0.5) is 0 Å². The largest absolute Gasteiger partial charge is 0.480 e. The number of carbonyl (C=O) groups is 2. The number of hydrogen-bond donors (Lipinski definition) is 2. The van der Waals surface area contributed by atoms with Crippen molar-refractivity contribution in [2.45, 2.75) is 78.5 Å². The van der Waals surface area contributed by atoms with Crippen LogP contribution in [-0.4, -0.2) is 45.0 Å². The van der Waals surface area contributed by atoms with E-state index in [-0.39, 0.29) is 24.7 Å². The second kappa shape index (κ2) is 8.99. The van der Waals surface area contributed by atoms with Gasteiger partial charge in [0.15, 0.2) is 0 Å². The van der Waals surface area contributed by atoms with Crippen molar-refractivity contribution in [1.82, 2.24) is 15.1 Å². The van der Waals surface area contributed by atoms with Crippen LogP contribution in [-0.2, 0) is 9.53 Å². The van der Waals surface area contributed by atoms with Crippen LogP contribution in [0.15, 0.2) is 6.20 Å². The molecule has 2 N–H and O–H groups in total. The lowest BCUT2D eigenvalue weighted by atomic mass is 10.1. The van der Waals surface area contributed by atoms with E-state index in [1.165, 1.54) is 6.20 Å². The molecule has 1 aromatic rings. The van der Waals surface area contributed by atoms with Gasteiger partial charge >= 0.3 is 5.97 Å². The van der Waals surface area contributed by atoms with Gasteiger partial charge in [0.2, 0.25) is 0 Å². The smallest absolute Gasteiger partial charge is 0.326 e. The summed E-state index contributed by atoms with van der Waals surface area (Å²) < 4.78 is 7.40. The second-order valence-corrected chi connectivity index (χ2v) is 7.17. The number of aliphatic carboxylic acids is 1. The predicted molar refractivity (Wildman–Crippen MR) is 95.8 cm³/mol. The average Bonchev–Trinajstić information content (AvgIpc) is 2.88. The molecular weight excluding hydrogens is 322 g/mol. The molecule has 0 saturated carbocycles. The third-order valence-electron chi connectivity index (χ3n) is 4.12. The third kappa shape index (κ3) is 6.16. The van der Waals surface area contributed by atoms with Gasteiger partial charge in [0, 0.05) is 18.7 Å². The average molecular weight is 353 g/mol. The Hall–Kier alpha value is -1.89. The van der Waals surface area contributed by atoms with Gasteiger partial charge in [-0.1, -0.05) is 13.8 Å². The van der Waals surface area contributed by atoms with Crippen LogP contribution >= 0.6 is 0 Å². The molecule has 142 valence electrons. The normalized spacial score (nSPS) is 13.1. The number of ether oxygens (including phenoxy) is 1. The van der Waals surface area contributed by atoms with Gasteiger partial charge in [-0.2, -0.15) is 5.10 Å². The molecule has 7 nitrogen and oxygen atoms in total. The monoisotopic (exact) mass is 353 g/mol. The molecule has 1 heterocycles. The summed E-state index contributed by atoms with van der Waals surface area (Å²) >= 11 is 0. The fraction of sp³-hybridized carbons (Fsp3) is 0.722. The van der Waals surface area contributed by atoms with E-state index in [9.17, 15) is 14.7 Å². The minimum Gasteiger partial charge on any atom is -0.480 e. The minimum atomic E-state index is -1.07. The standard InChI is InChI=1S/C18H31N3O4/c1-7-13(8-2)21-12(3)14(11-19-21)16(22)20-15(17(23)24)9-10-25-18(4,5)6/h11,13,15H,7-10H2,1-6H3,(H,20,22)(H,23,24). The lowest BCUT2D eigenvalue weighted by Crippen LogP contribution is -2.42. The summed E-state index contributed by atoms with van der Waals surface area (Å²) in [4.78, 5) is 23.9. The fourth-order valence-corrected chi connectivity index (χ4v) is 2.63. The molecule has 0 saturated heterocycles. The highest BCUT2D eigenvalue weighted by Crippen LogP contribution is 2.19. The molecule has 0 aliphatic carbocycles. The van der Waals surface area contributed by atoms with E-state index in [1.54, 1.807) is 0 Å². The number of aromatic nitrogens is 2. The zero-order valence-corrected chi connectivity index (χ0v) is 16.1. The molecular formula is C18H31N3O4. The quantitative estimate of drug-likeness (QED) is 0.712. The zero-order chi connectivity index (χ0) is 19.2. The van der Waals surface area contributed by atoms with Gasteiger partial charge in [0.05, 0.1) is 23.4 Å². The van der Waals surface area contributed by atoms with Crippen molar-refractivity contribution in [3.05, 3.63) is 17.5 Å². The van der Waals surface area contributed by atoms with E-state index in [2.05, 4.69) is 24.3 Å². The molecule has 0 aliphatic rings. The molecule has 0 radical (unpaired) electrons. The third-order valence-corrected chi connectivity index (χ3v) is 4.12. The maximum Gasteiger partial charge on any atom is 0.326 e. The van der Waals surface area contributed by atoms with Crippen molar-refractivity contribution >= 4 is 11.9 Å². The summed E-state index contributed by atoms with van der Waals surface area (Å²) in [7, 11) is 0. The van der Waals surface area contributed by atoms with Crippen LogP contribution in [0, 0.1) is 6.92 Å². The molecule has 0 aromatic carbocycles. The van der Waals surface area contributed by atoms with Gasteiger partial charge < -0.3 is 15.2 Å². The SMILES string of the molecule is CCC(CC)n1ncc(C(=O)NC(CCOC(C)(C)C)C(=O)O)c1C. The van der Waals surface area contributed by atoms with Crippen LogP contribution in [0.5, 0.6) is 0 Å². The highest BCUT2D eigenvalue weighted by Gasteiger charge is 2.24. The molecule has 1 atom stereocenters. The molecule has 1 amide bonds. The van der Waals surface area contributed by atoms with Crippen molar-refractivity contribution in [1.29, 1.82) is 0 Å². The van der Waals surface area contributed by atoms with Gasteiger partial charge in [0.25, 0.3) is 5.91 Å². The molecule has 0 bridgehead atoms. The molecule has 0 fully saturated rings. The molecule has 1 aromatic heterocycles. The first-order valence-electron chi connectivity index (χ1n) is 8.82. The molecule has 7 heteroatoms. The van der Waals surface area contributed by atoms with E-state index in [1.807, 2.05) is 32.4 Å². The van der Waals surface area contributed by atoms with Crippen molar-refractivity contribution < 1.29 is 19.4 Å². The maximum atomic E-state index is 12.5. The summed E-state index contributed by atoms with van der Waals surface area (Å²) in [6.07, 6.45) is 3.55. The number of nitrogens with zero attached hydrogens (tertiary/aromatic N) is 2. The van der Waals surface area contributed by atoms with Crippen molar-refractivity contribution in [2.75, 3.05) is 6.61 Å². The van der Waals surface area contributed by atoms with Gasteiger partial charge in [-0.25, -0.2) is 4.79 Å². The Morgan fingerprint density at radius 3 is 2.40 bits per heavy atom. The maximum absolute atomic E-state index is 12.5. The van der Waals surface area contributed by atoms with E-state index in [4.69, 9.17) is 4.74 Å². The molecule has 0 aliphatic heterocycles. The summed E-state index contributed by atoms with van der Waals surface area (Å²) in [5, 5.41) is 16.2.